The summed E-state index contributed by atoms with van der Waals surface area (Å²) in [4.78, 5) is 0. The Balaban J connectivity index is 2.03. The molecule has 3 rings (SSSR count). The van der Waals surface area contributed by atoms with Gasteiger partial charge in [0.1, 0.15) is 16.9 Å². The summed E-state index contributed by atoms with van der Waals surface area (Å²) in [6, 6.07) is 7.34. The van der Waals surface area contributed by atoms with Gasteiger partial charge in [-0.3, -0.25) is 0 Å². The number of halogens is 1. The van der Waals surface area contributed by atoms with Gasteiger partial charge in [0.25, 0.3) is 0 Å². The lowest BCUT2D eigenvalue weighted by Gasteiger charge is -2.40. The Morgan fingerprint density at radius 2 is 2.05 bits per heavy atom. The Labute approximate surface area is 117 Å². The molecule has 19 heavy (non-hydrogen) atoms. The Morgan fingerprint density at radius 3 is 2.79 bits per heavy atom. The maximum Gasteiger partial charge on any atom is 0.137 e. The molecular formula is C15H17ClO3. The zero-order valence-corrected chi connectivity index (χ0v) is 11.8. The van der Waals surface area contributed by atoms with Gasteiger partial charge in [-0.25, -0.2) is 0 Å². The van der Waals surface area contributed by atoms with E-state index < -0.39 is 5.60 Å². The summed E-state index contributed by atoms with van der Waals surface area (Å²) in [5, 5.41) is 12.4. The number of furan rings is 1. The van der Waals surface area contributed by atoms with E-state index in [1.165, 1.54) is 0 Å². The maximum absolute atomic E-state index is 10.8. The summed E-state index contributed by atoms with van der Waals surface area (Å²) in [6.07, 6.45) is 1.07. The van der Waals surface area contributed by atoms with Crippen molar-refractivity contribution in [1.82, 2.24) is 0 Å². The third-order valence-corrected chi connectivity index (χ3v) is 3.90. The van der Waals surface area contributed by atoms with E-state index in [1.54, 1.807) is 6.07 Å². The minimum atomic E-state index is -0.965. The first-order chi connectivity index (χ1) is 8.88. The molecule has 2 aromatic rings. The van der Waals surface area contributed by atoms with E-state index in [4.69, 9.17) is 20.8 Å². The monoisotopic (exact) mass is 280 g/mol. The van der Waals surface area contributed by atoms with E-state index in [0.717, 1.165) is 11.0 Å². The van der Waals surface area contributed by atoms with Gasteiger partial charge in [-0.15, -0.1) is 0 Å². The number of aliphatic hydroxyl groups is 1. The third kappa shape index (κ3) is 2.38. The Morgan fingerprint density at radius 1 is 1.26 bits per heavy atom. The first-order valence-electron chi connectivity index (χ1n) is 6.44. The highest BCUT2D eigenvalue weighted by molar-refractivity contribution is 6.31. The molecule has 3 nitrogen and oxygen atoms in total. The molecule has 1 aromatic carbocycles. The fourth-order valence-corrected chi connectivity index (χ4v) is 2.97. The largest absolute Gasteiger partial charge is 0.458 e. The van der Waals surface area contributed by atoms with E-state index in [0.29, 0.717) is 30.2 Å². The van der Waals surface area contributed by atoms with Crippen molar-refractivity contribution in [2.75, 3.05) is 6.61 Å². The molecule has 0 saturated carbocycles. The smallest absolute Gasteiger partial charge is 0.137 e. The lowest BCUT2D eigenvalue weighted by atomic mass is 9.82. The third-order valence-electron chi connectivity index (χ3n) is 3.66. The van der Waals surface area contributed by atoms with Crippen molar-refractivity contribution >= 4 is 22.6 Å². The van der Waals surface area contributed by atoms with Gasteiger partial charge in [0.2, 0.25) is 0 Å². The number of hydrogen-bond acceptors (Lipinski definition) is 3. The molecule has 1 fully saturated rings. The Hall–Kier alpha value is -1.03. The summed E-state index contributed by atoms with van der Waals surface area (Å²) in [7, 11) is 0. The van der Waals surface area contributed by atoms with Gasteiger partial charge in [-0.2, -0.15) is 0 Å². The minimum absolute atomic E-state index is 0.344. The Bertz CT molecular complexity index is 617. The number of ether oxygens (including phenoxy) is 1. The van der Waals surface area contributed by atoms with Gasteiger partial charge in [-0.05, 0) is 38.1 Å². The summed E-state index contributed by atoms with van der Waals surface area (Å²) in [6.45, 7) is 4.49. The average Bonchev–Trinajstić information content (AvgIpc) is 2.70. The fraction of sp³-hybridized carbons (Fsp3) is 0.467. The van der Waals surface area contributed by atoms with Crippen molar-refractivity contribution in [2.45, 2.75) is 37.9 Å². The molecule has 1 unspecified atom stereocenters. The molecule has 0 aliphatic carbocycles. The average molecular weight is 281 g/mol. The van der Waals surface area contributed by atoms with Crippen LogP contribution in [0.1, 0.15) is 32.4 Å². The molecule has 1 aromatic heterocycles. The normalized spacial score (nSPS) is 26.7. The number of rotatable bonds is 1. The first-order valence-corrected chi connectivity index (χ1v) is 6.82. The SMILES string of the molecule is CC1(C)CC(O)(c2cc3cc(Cl)ccc3o2)CCO1. The second kappa shape index (κ2) is 4.23. The van der Waals surface area contributed by atoms with Crippen molar-refractivity contribution < 1.29 is 14.3 Å². The molecule has 1 N–H and O–H groups in total. The highest BCUT2D eigenvalue weighted by Gasteiger charge is 2.42. The highest BCUT2D eigenvalue weighted by atomic mass is 35.5. The predicted molar refractivity (Wildman–Crippen MR) is 74.4 cm³/mol. The van der Waals surface area contributed by atoms with Crippen LogP contribution in [0.25, 0.3) is 11.0 Å². The highest BCUT2D eigenvalue weighted by Crippen LogP contribution is 2.41. The van der Waals surface area contributed by atoms with Gasteiger partial charge < -0.3 is 14.3 Å². The van der Waals surface area contributed by atoms with Gasteiger partial charge in [0.05, 0.1) is 12.2 Å². The predicted octanol–water partition coefficient (Wildman–Crippen LogP) is 3.86. The van der Waals surface area contributed by atoms with E-state index in [-0.39, 0.29) is 5.60 Å². The molecule has 0 bridgehead atoms. The second-order valence-corrected chi connectivity index (χ2v) is 6.30. The molecule has 1 aliphatic heterocycles. The van der Waals surface area contributed by atoms with Crippen molar-refractivity contribution in [3.05, 3.63) is 35.0 Å². The molecule has 1 saturated heterocycles. The minimum Gasteiger partial charge on any atom is -0.458 e. The number of fused-ring (bicyclic) bond motifs is 1. The number of hydrogen-bond donors (Lipinski definition) is 1. The zero-order chi connectivity index (χ0) is 13.7. The molecule has 102 valence electrons. The van der Waals surface area contributed by atoms with Crippen LogP contribution in [0.2, 0.25) is 5.02 Å². The van der Waals surface area contributed by atoms with E-state index in [2.05, 4.69) is 0 Å². The standard InChI is InChI=1S/C15H17ClO3/c1-14(2)9-15(17,5-6-18-14)13-8-10-7-11(16)3-4-12(10)19-13/h3-4,7-8,17H,5-6,9H2,1-2H3. The lowest BCUT2D eigenvalue weighted by molar-refractivity contribution is -0.154. The maximum atomic E-state index is 10.8. The van der Waals surface area contributed by atoms with Crippen LogP contribution in [0.3, 0.4) is 0 Å². The summed E-state index contributed by atoms with van der Waals surface area (Å²) in [5.74, 6) is 0.598. The van der Waals surface area contributed by atoms with Crippen molar-refractivity contribution in [1.29, 1.82) is 0 Å². The second-order valence-electron chi connectivity index (χ2n) is 5.86. The Kier molecular flexibility index (Phi) is 2.89. The summed E-state index contributed by atoms with van der Waals surface area (Å²) in [5.41, 5.74) is -0.561. The van der Waals surface area contributed by atoms with E-state index >= 15 is 0 Å². The van der Waals surface area contributed by atoms with Crippen LogP contribution >= 0.6 is 11.6 Å². The topological polar surface area (TPSA) is 42.6 Å². The zero-order valence-electron chi connectivity index (χ0n) is 11.1. The lowest BCUT2D eigenvalue weighted by Crippen LogP contribution is -2.43. The number of benzene rings is 1. The van der Waals surface area contributed by atoms with Crippen LogP contribution in [0.15, 0.2) is 28.7 Å². The molecule has 1 aliphatic rings. The molecule has 0 amide bonds. The van der Waals surface area contributed by atoms with E-state index in [9.17, 15) is 5.11 Å². The summed E-state index contributed by atoms with van der Waals surface area (Å²) >= 11 is 5.97. The van der Waals surface area contributed by atoms with Crippen LogP contribution in [0.4, 0.5) is 0 Å². The molecule has 1 atom stereocenters. The van der Waals surface area contributed by atoms with Crippen LogP contribution in [0, 0.1) is 0 Å². The van der Waals surface area contributed by atoms with Crippen LogP contribution in [-0.4, -0.2) is 17.3 Å². The molecule has 2 heterocycles. The van der Waals surface area contributed by atoms with Crippen molar-refractivity contribution in [3.8, 4) is 0 Å². The first kappa shape index (κ1) is 13.0. The quantitative estimate of drug-likeness (QED) is 0.862. The summed E-state index contributed by atoms with van der Waals surface area (Å²) < 4.78 is 11.4. The van der Waals surface area contributed by atoms with Crippen molar-refractivity contribution in [3.63, 3.8) is 0 Å². The van der Waals surface area contributed by atoms with Crippen LogP contribution in [0.5, 0.6) is 0 Å². The molecule has 0 spiro atoms. The van der Waals surface area contributed by atoms with Crippen LogP contribution < -0.4 is 0 Å². The molecule has 4 heteroatoms. The fourth-order valence-electron chi connectivity index (χ4n) is 2.79. The van der Waals surface area contributed by atoms with Gasteiger partial charge in [0, 0.05) is 23.3 Å². The van der Waals surface area contributed by atoms with Crippen molar-refractivity contribution in [2.24, 2.45) is 0 Å². The van der Waals surface area contributed by atoms with Gasteiger partial charge in [0.15, 0.2) is 0 Å². The van der Waals surface area contributed by atoms with E-state index in [1.807, 2.05) is 32.0 Å². The molecule has 0 radical (unpaired) electrons. The molecular weight excluding hydrogens is 264 g/mol. The van der Waals surface area contributed by atoms with Gasteiger partial charge in [-0.1, -0.05) is 11.6 Å². The van der Waals surface area contributed by atoms with Crippen LogP contribution in [-0.2, 0) is 10.3 Å². The van der Waals surface area contributed by atoms with Gasteiger partial charge >= 0.3 is 0 Å².